The fraction of sp³-hybridized carbons (Fsp3) is 0.0667. The smallest absolute Gasteiger partial charge is 0.242 e. The molecule has 0 aliphatic heterocycles. The Labute approximate surface area is 147 Å². The molecule has 1 aromatic carbocycles. The minimum Gasteiger partial charge on any atom is -0.242 e. The summed E-state index contributed by atoms with van der Waals surface area (Å²) in [5.74, 6) is 0. The molecule has 0 aliphatic rings. The first-order chi connectivity index (χ1) is 10.3. The minimum absolute atomic E-state index is 0.0594. The van der Waals surface area contributed by atoms with Gasteiger partial charge in [0, 0.05) is 20.9 Å². The summed E-state index contributed by atoms with van der Waals surface area (Å²) >= 11 is 15.3. The van der Waals surface area contributed by atoms with Crippen LogP contribution < -0.4 is 10.6 Å². The summed E-state index contributed by atoms with van der Waals surface area (Å²) in [7, 11) is -3.87. The van der Waals surface area contributed by atoms with E-state index >= 15 is 0 Å². The van der Waals surface area contributed by atoms with Gasteiger partial charge in [-0.05, 0) is 31.2 Å². The van der Waals surface area contributed by atoms with Gasteiger partial charge in [-0.2, -0.15) is 0 Å². The summed E-state index contributed by atoms with van der Waals surface area (Å²) in [4.78, 5) is -0.0594. The first kappa shape index (κ1) is 17.3. The van der Waals surface area contributed by atoms with Crippen LogP contribution in [0.5, 0.6) is 0 Å². The van der Waals surface area contributed by atoms with Gasteiger partial charge >= 0.3 is 0 Å². The lowest BCUT2D eigenvalue weighted by molar-refractivity contribution is 0.586. The van der Waals surface area contributed by atoms with E-state index < -0.39 is 10.0 Å². The van der Waals surface area contributed by atoms with Crippen LogP contribution >= 0.6 is 39.1 Å². The molecule has 0 saturated carbocycles. The van der Waals surface area contributed by atoms with Gasteiger partial charge in [-0.25, -0.2) is 12.4 Å². The van der Waals surface area contributed by atoms with Crippen molar-refractivity contribution >= 4 is 60.2 Å². The molecule has 2 rings (SSSR count). The monoisotopic (exact) mass is 419 g/mol. The molecule has 2 aromatic rings. The van der Waals surface area contributed by atoms with Crippen molar-refractivity contribution in [2.75, 3.05) is 0 Å². The highest BCUT2D eigenvalue weighted by atomic mass is 79.9. The Morgan fingerprint density at radius 3 is 2.64 bits per heavy atom. The molecule has 3 nitrogen and oxygen atoms in total. The summed E-state index contributed by atoms with van der Waals surface area (Å²) in [6, 6.07) is 5.97. The predicted molar refractivity (Wildman–Crippen MR) is 95.4 cm³/mol. The fourth-order valence-electron chi connectivity index (χ4n) is 1.91. The van der Waals surface area contributed by atoms with E-state index in [4.69, 9.17) is 23.2 Å². The molecule has 0 spiro atoms. The van der Waals surface area contributed by atoms with Gasteiger partial charge in [0.1, 0.15) is 4.90 Å². The maximum absolute atomic E-state index is 12.8. The topological polar surface area (TPSA) is 39.1 Å². The van der Waals surface area contributed by atoms with Crippen LogP contribution in [0, 0.1) is 0 Å². The van der Waals surface area contributed by atoms with E-state index in [0.29, 0.717) is 15.6 Å². The first-order valence-corrected chi connectivity index (χ1v) is 9.17. The maximum Gasteiger partial charge on any atom is 0.269 e. The van der Waals surface area contributed by atoms with E-state index in [0.717, 1.165) is 8.45 Å². The number of aromatic nitrogens is 1. The number of allylic oxidation sites excluding steroid dienone is 2. The van der Waals surface area contributed by atoms with E-state index in [-0.39, 0.29) is 9.92 Å². The van der Waals surface area contributed by atoms with Gasteiger partial charge in [0.2, 0.25) is 0 Å². The Kier molecular flexibility index (Phi) is 5.22. The first-order valence-electron chi connectivity index (χ1n) is 6.18. The molecule has 1 heterocycles. The highest BCUT2D eigenvalue weighted by Crippen LogP contribution is 2.26. The van der Waals surface area contributed by atoms with Crippen LogP contribution in [0.15, 0.2) is 47.5 Å². The van der Waals surface area contributed by atoms with E-state index in [1.54, 1.807) is 6.07 Å². The van der Waals surface area contributed by atoms with Crippen LogP contribution in [-0.2, 0) is 10.0 Å². The van der Waals surface area contributed by atoms with Gasteiger partial charge in [0.05, 0.1) is 10.4 Å². The Morgan fingerprint density at radius 1 is 1.32 bits per heavy atom. The number of nitrogens with zero attached hydrogens (tertiary/aromatic N) is 1. The zero-order valence-corrected chi connectivity index (χ0v) is 15.5. The van der Waals surface area contributed by atoms with Crippen LogP contribution in [0.25, 0.3) is 11.1 Å². The largest absolute Gasteiger partial charge is 0.269 e. The maximum atomic E-state index is 12.8. The van der Waals surface area contributed by atoms with E-state index in [1.807, 2.05) is 19.1 Å². The van der Waals surface area contributed by atoms with Crippen molar-refractivity contribution in [3.8, 4) is 0 Å². The summed E-state index contributed by atoms with van der Waals surface area (Å²) in [6.07, 6.45) is 5.09. The van der Waals surface area contributed by atoms with Crippen molar-refractivity contribution < 1.29 is 8.42 Å². The second-order valence-electron chi connectivity index (χ2n) is 4.40. The van der Waals surface area contributed by atoms with Crippen LogP contribution in [0.1, 0.15) is 6.92 Å². The number of hydrogen-bond acceptors (Lipinski definition) is 2. The van der Waals surface area contributed by atoms with E-state index in [9.17, 15) is 8.42 Å². The van der Waals surface area contributed by atoms with Gasteiger partial charge in [-0.3, -0.25) is 0 Å². The molecule has 0 amide bonds. The molecule has 1 aromatic heterocycles. The lowest BCUT2D eigenvalue weighted by Gasteiger charge is -2.08. The second kappa shape index (κ2) is 6.62. The SMILES string of the molecule is C=c1/c(=C(Br)\C=C/C)ccn1S(=O)(=O)c1cc(Cl)ccc1Cl. The van der Waals surface area contributed by atoms with Crippen LogP contribution in [0.4, 0.5) is 0 Å². The summed E-state index contributed by atoms with van der Waals surface area (Å²) in [5, 5.41) is 1.42. The average Bonchev–Trinajstić information content (AvgIpc) is 2.84. The molecule has 0 N–H and O–H groups in total. The molecule has 22 heavy (non-hydrogen) atoms. The molecule has 116 valence electrons. The second-order valence-corrected chi connectivity index (χ2v) is 7.88. The van der Waals surface area contributed by atoms with Gasteiger partial charge in [-0.1, -0.05) is 57.9 Å². The van der Waals surface area contributed by atoms with Crippen LogP contribution in [0.3, 0.4) is 0 Å². The van der Waals surface area contributed by atoms with Crippen molar-refractivity contribution in [2.45, 2.75) is 11.8 Å². The number of rotatable bonds is 3. The van der Waals surface area contributed by atoms with Crippen molar-refractivity contribution in [2.24, 2.45) is 0 Å². The highest BCUT2D eigenvalue weighted by Gasteiger charge is 2.21. The zero-order chi connectivity index (χ0) is 16.5. The third-order valence-electron chi connectivity index (χ3n) is 2.95. The van der Waals surface area contributed by atoms with Gasteiger partial charge < -0.3 is 0 Å². The quantitative estimate of drug-likeness (QED) is 0.761. The van der Waals surface area contributed by atoms with Crippen molar-refractivity contribution in [1.29, 1.82) is 0 Å². The zero-order valence-electron chi connectivity index (χ0n) is 11.6. The molecule has 0 aliphatic carbocycles. The van der Waals surface area contributed by atoms with Crippen molar-refractivity contribution in [1.82, 2.24) is 3.97 Å². The molecule has 0 unspecified atom stereocenters. The Balaban J connectivity index is 2.75. The summed E-state index contributed by atoms with van der Waals surface area (Å²) < 4.78 is 27.3. The fourth-order valence-corrected chi connectivity index (χ4v) is 4.59. The van der Waals surface area contributed by atoms with Crippen molar-refractivity contribution in [3.05, 3.63) is 63.2 Å². The van der Waals surface area contributed by atoms with Gasteiger partial charge in [-0.15, -0.1) is 0 Å². The van der Waals surface area contributed by atoms with Gasteiger partial charge in [0.25, 0.3) is 10.0 Å². The normalized spacial score (nSPS) is 13.6. The van der Waals surface area contributed by atoms with Crippen LogP contribution in [-0.4, -0.2) is 12.4 Å². The van der Waals surface area contributed by atoms with Gasteiger partial charge in [0.15, 0.2) is 0 Å². The Bertz CT molecular complexity index is 962. The Hall–Kier alpha value is -1.01. The molecule has 0 bridgehead atoms. The molecule has 0 atom stereocenters. The van der Waals surface area contributed by atoms with E-state index in [2.05, 4.69) is 22.5 Å². The van der Waals surface area contributed by atoms with Crippen LogP contribution in [0.2, 0.25) is 10.0 Å². The standard InChI is InChI=1S/C15H12BrCl2NO2S/c1-3-4-13(16)12-7-8-19(10(12)2)22(20,21)15-9-11(17)5-6-14(15)18/h3-9H,2H2,1H3/b4-3-,13-12+. The lowest BCUT2D eigenvalue weighted by atomic mass is 10.4. The summed E-state index contributed by atoms with van der Waals surface area (Å²) in [5.41, 5.74) is 0. The molecule has 7 heteroatoms. The molecular weight excluding hydrogens is 409 g/mol. The summed E-state index contributed by atoms with van der Waals surface area (Å²) in [6.45, 7) is 5.72. The predicted octanol–water partition coefficient (Wildman–Crippen LogP) is 3.52. The molecule has 0 fully saturated rings. The minimum atomic E-state index is -3.87. The van der Waals surface area contributed by atoms with Crippen molar-refractivity contribution in [3.63, 3.8) is 0 Å². The molecule has 0 saturated heterocycles. The Morgan fingerprint density at radius 2 is 2.00 bits per heavy atom. The number of halogens is 3. The third-order valence-corrected chi connectivity index (χ3v) is 6.08. The number of benzene rings is 1. The molecule has 0 radical (unpaired) electrons. The van der Waals surface area contributed by atoms with E-state index in [1.165, 1.54) is 24.4 Å². The molecular formula is C15H12BrCl2NO2S. The highest BCUT2D eigenvalue weighted by molar-refractivity contribution is 9.15. The lowest BCUT2D eigenvalue weighted by Crippen LogP contribution is -2.32. The third kappa shape index (κ3) is 3.18. The number of hydrogen-bond donors (Lipinski definition) is 0. The average molecular weight is 421 g/mol.